The van der Waals surface area contributed by atoms with Gasteiger partial charge in [-0.15, -0.1) is 0 Å². The Hall–Kier alpha value is -1.66. The lowest BCUT2D eigenvalue weighted by Crippen LogP contribution is -2.04. The molecule has 0 aliphatic carbocycles. The molecule has 2 heterocycles. The number of aryl methyl sites for hydroxylation is 1. The van der Waals surface area contributed by atoms with Crippen LogP contribution in [0.25, 0.3) is 16.2 Å². The molecule has 0 saturated carbocycles. The van der Waals surface area contributed by atoms with E-state index in [-0.39, 0.29) is 5.97 Å². The largest absolute Gasteiger partial charge is 0.462 e. The molecule has 21 heavy (non-hydrogen) atoms. The quantitative estimate of drug-likeness (QED) is 0.650. The van der Waals surface area contributed by atoms with Crippen LogP contribution in [0.3, 0.4) is 0 Å². The van der Waals surface area contributed by atoms with Gasteiger partial charge < -0.3 is 4.74 Å². The normalized spacial score (nSPS) is 11.0. The van der Waals surface area contributed by atoms with Gasteiger partial charge in [0.15, 0.2) is 4.96 Å². The van der Waals surface area contributed by atoms with Crippen LogP contribution in [0.15, 0.2) is 34.9 Å². The van der Waals surface area contributed by atoms with Gasteiger partial charge in [-0.3, -0.25) is 4.40 Å². The second-order valence-electron chi connectivity index (χ2n) is 4.52. The summed E-state index contributed by atoms with van der Waals surface area (Å²) in [6.07, 6.45) is 1.95. The molecule has 0 N–H and O–H groups in total. The fourth-order valence-corrected chi connectivity index (χ4v) is 3.36. The number of nitrogens with zero attached hydrogens (tertiary/aromatic N) is 2. The first-order valence-corrected chi connectivity index (χ1v) is 8.12. The van der Waals surface area contributed by atoms with Gasteiger partial charge in [0.2, 0.25) is 0 Å². The van der Waals surface area contributed by atoms with Crippen LogP contribution in [-0.4, -0.2) is 22.0 Å². The predicted molar refractivity (Wildman–Crippen MR) is 86.9 cm³/mol. The number of rotatable bonds is 3. The number of halogens is 1. The number of imidazole rings is 1. The van der Waals surface area contributed by atoms with Crippen molar-refractivity contribution in [1.29, 1.82) is 0 Å². The molecule has 108 valence electrons. The molecular formula is C15H13BrN2O2S. The number of hydrogen-bond acceptors (Lipinski definition) is 4. The first-order chi connectivity index (χ1) is 10.1. The van der Waals surface area contributed by atoms with Gasteiger partial charge in [0.1, 0.15) is 4.88 Å². The molecule has 0 aliphatic heterocycles. The number of aromatic nitrogens is 2. The van der Waals surface area contributed by atoms with Gasteiger partial charge >= 0.3 is 5.97 Å². The van der Waals surface area contributed by atoms with Gasteiger partial charge in [0.25, 0.3) is 0 Å². The highest BCUT2D eigenvalue weighted by Gasteiger charge is 2.18. The van der Waals surface area contributed by atoms with Gasteiger partial charge in [-0.05, 0) is 26.0 Å². The first kappa shape index (κ1) is 14.3. The Morgan fingerprint density at radius 1 is 1.38 bits per heavy atom. The molecule has 0 radical (unpaired) electrons. The van der Waals surface area contributed by atoms with E-state index in [4.69, 9.17) is 4.74 Å². The number of esters is 1. The van der Waals surface area contributed by atoms with Crippen molar-refractivity contribution >= 4 is 38.2 Å². The van der Waals surface area contributed by atoms with Crippen molar-refractivity contribution in [2.75, 3.05) is 6.61 Å². The van der Waals surface area contributed by atoms with Crippen LogP contribution < -0.4 is 0 Å². The average molecular weight is 365 g/mol. The van der Waals surface area contributed by atoms with Crippen molar-refractivity contribution in [3.05, 3.63) is 45.5 Å². The lowest BCUT2D eigenvalue weighted by atomic mass is 10.2. The van der Waals surface area contributed by atoms with E-state index in [0.29, 0.717) is 11.5 Å². The smallest absolute Gasteiger partial charge is 0.350 e. The summed E-state index contributed by atoms with van der Waals surface area (Å²) in [5, 5.41) is 0. The maximum Gasteiger partial charge on any atom is 0.350 e. The SMILES string of the molecule is CCOC(=O)c1sc2nc(-c3ccc(Br)cc3)cn2c1C. The Bertz CT molecular complexity index is 805. The van der Waals surface area contributed by atoms with E-state index in [1.54, 1.807) is 6.92 Å². The number of ether oxygens (including phenoxy) is 1. The number of thiazole rings is 1. The van der Waals surface area contributed by atoms with Crippen LogP contribution in [0.4, 0.5) is 0 Å². The Morgan fingerprint density at radius 2 is 2.10 bits per heavy atom. The minimum absolute atomic E-state index is 0.282. The highest BCUT2D eigenvalue weighted by atomic mass is 79.9. The zero-order valence-electron chi connectivity index (χ0n) is 11.6. The third-order valence-electron chi connectivity index (χ3n) is 3.16. The molecule has 2 aromatic heterocycles. The van der Waals surface area contributed by atoms with E-state index in [9.17, 15) is 4.79 Å². The third kappa shape index (κ3) is 2.61. The molecule has 0 fully saturated rings. The molecule has 1 aromatic carbocycles. The van der Waals surface area contributed by atoms with Gasteiger partial charge in [0.05, 0.1) is 12.3 Å². The molecule has 3 rings (SSSR count). The van der Waals surface area contributed by atoms with Crippen LogP contribution in [0.1, 0.15) is 22.3 Å². The Labute approximate surface area is 134 Å². The molecule has 0 bridgehead atoms. The molecule has 0 unspecified atom stereocenters. The summed E-state index contributed by atoms with van der Waals surface area (Å²) >= 11 is 4.78. The molecule has 4 nitrogen and oxygen atoms in total. The topological polar surface area (TPSA) is 43.6 Å². The van der Waals surface area contributed by atoms with Gasteiger partial charge in [-0.1, -0.05) is 39.4 Å². The van der Waals surface area contributed by atoms with E-state index < -0.39 is 0 Å². The first-order valence-electron chi connectivity index (χ1n) is 6.51. The summed E-state index contributed by atoms with van der Waals surface area (Å²) in [7, 11) is 0. The van der Waals surface area contributed by atoms with Gasteiger partial charge in [-0.2, -0.15) is 0 Å². The minimum Gasteiger partial charge on any atom is -0.462 e. The predicted octanol–water partition coefficient (Wildman–Crippen LogP) is 4.31. The number of benzene rings is 1. The summed E-state index contributed by atoms with van der Waals surface area (Å²) in [5.74, 6) is -0.282. The van der Waals surface area contributed by atoms with E-state index in [1.165, 1.54) is 11.3 Å². The molecule has 0 spiro atoms. The van der Waals surface area contributed by atoms with Crippen molar-refractivity contribution in [2.24, 2.45) is 0 Å². The molecule has 0 amide bonds. The zero-order valence-corrected chi connectivity index (χ0v) is 14.0. The molecule has 0 atom stereocenters. The van der Waals surface area contributed by atoms with E-state index in [0.717, 1.165) is 26.4 Å². The lowest BCUT2D eigenvalue weighted by molar-refractivity contribution is 0.0531. The van der Waals surface area contributed by atoms with Crippen LogP contribution in [0, 0.1) is 6.92 Å². The van der Waals surface area contributed by atoms with Crippen molar-refractivity contribution in [1.82, 2.24) is 9.38 Å². The maximum atomic E-state index is 11.9. The highest BCUT2D eigenvalue weighted by Crippen LogP contribution is 2.28. The second kappa shape index (κ2) is 5.61. The Kier molecular flexibility index (Phi) is 3.82. The highest BCUT2D eigenvalue weighted by molar-refractivity contribution is 9.10. The van der Waals surface area contributed by atoms with Crippen LogP contribution in [0.2, 0.25) is 0 Å². The number of hydrogen-bond donors (Lipinski definition) is 0. The summed E-state index contributed by atoms with van der Waals surface area (Å²) in [6, 6.07) is 8.00. The number of carbonyl (C=O) groups is 1. The molecular weight excluding hydrogens is 352 g/mol. The third-order valence-corrected chi connectivity index (χ3v) is 4.82. The van der Waals surface area contributed by atoms with Crippen LogP contribution >= 0.6 is 27.3 Å². The fourth-order valence-electron chi connectivity index (χ4n) is 2.10. The summed E-state index contributed by atoms with van der Waals surface area (Å²) < 4.78 is 8.03. The van der Waals surface area contributed by atoms with E-state index in [1.807, 2.05) is 41.8 Å². The number of fused-ring (bicyclic) bond motifs is 1. The van der Waals surface area contributed by atoms with Gasteiger partial charge in [-0.25, -0.2) is 9.78 Å². The van der Waals surface area contributed by atoms with Gasteiger partial charge in [0, 0.05) is 21.9 Å². The minimum atomic E-state index is -0.282. The lowest BCUT2D eigenvalue weighted by Gasteiger charge is -1.99. The van der Waals surface area contributed by atoms with Crippen LogP contribution in [0.5, 0.6) is 0 Å². The summed E-state index contributed by atoms with van der Waals surface area (Å²) in [4.78, 5) is 17.9. The standard InChI is InChI=1S/C15H13BrN2O2S/c1-3-20-14(19)13-9(2)18-8-12(17-15(18)21-13)10-4-6-11(16)7-5-10/h4-8H,3H2,1-2H3. The fraction of sp³-hybridized carbons (Fsp3) is 0.200. The van der Waals surface area contributed by atoms with Crippen molar-refractivity contribution in [2.45, 2.75) is 13.8 Å². The molecule has 0 saturated heterocycles. The summed E-state index contributed by atoms with van der Waals surface area (Å²) in [6.45, 7) is 4.09. The van der Waals surface area contributed by atoms with E-state index in [2.05, 4.69) is 20.9 Å². The molecule has 0 aliphatic rings. The monoisotopic (exact) mass is 364 g/mol. The second-order valence-corrected chi connectivity index (χ2v) is 6.42. The molecule has 3 aromatic rings. The maximum absolute atomic E-state index is 11.9. The van der Waals surface area contributed by atoms with Crippen molar-refractivity contribution < 1.29 is 9.53 Å². The Morgan fingerprint density at radius 3 is 2.71 bits per heavy atom. The van der Waals surface area contributed by atoms with Crippen molar-refractivity contribution in [3.8, 4) is 11.3 Å². The Balaban J connectivity index is 2.02. The summed E-state index contributed by atoms with van der Waals surface area (Å²) in [5.41, 5.74) is 2.81. The molecule has 6 heteroatoms. The average Bonchev–Trinajstić information content (AvgIpc) is 3.00. The number of carbonyl (C=O) groups excluding carboxylic acids is 1. The zero-order chi connectivity index (χ0) is 15.0. The van der Waals surface area contributed by atoms with Crippen LogP contribution in [-0.2, 0) is 4.74 Å². The van der Waals surface area contributed by atoms with E-state index >= 15 is 0 Å². The van der Waals surface area contributed by atoms with Crippen molar-refractivity contribution in [3.63, 3.8) is 0 Å².